The molecular formula is C14H25N2O3Si. The SMILES string of the molecule is CC(N)NCc1ccc2cc1CC2.CO[Si](OC)OC. The molecule has 20 heavy (non-hydrogen) atoms. The lowest BCUT2D eigenvalue weighted by molar-refractivity contribution is 0.163. The molecule has 2 rings (SSSR count). The normalized spacial score (nSPS) is 14.1. The molecule has 0 saturated heterocycles. The standard InChI is InChI=1S/C11H16N2.C3H9O3Si/c1-8(12)13-7-11-5-3-9-2-4-10(11)6-9;1-4-7(5-2)6-3/h3,5-6,8,13H,2,4,7,12H2,1H3;1-3H3. The maximum absolute atomic E-state index is 5.63. The van der Waals surface area contributed by atoms with Gasteiger partial charge in [0.25, 0.3) is 0 Å². The Hall–Kier alpha value is -0.763. The number of nitrogens with one attached hydrogen (secondary N) is 1. The van der Waals surface area contributed by atoms with Crippen LogP contribution in [-0.4, -0.2) is 37.0 Å². The summed E-state index contributed by atoms with van der Waals surface area (Å²) in [5, 5.41) is 3.24. The molecule has 6 heteroatoms. The van der Waals surface area contributed by atoms with E-state index < -0.39 is 9.53 Å². The van der Waals surface area contributed by atoms with Gasteiger partial charge in [0.1, 0.15) is 0 Å². The van der Waals surface area contributed by atoms with Crippen molar-refractivity contribution in [3.8, 4) is 0 Å². The number of hydrogen-bond acceptors (Lipinski definition) is 5. The van der Waals surface area contributed by atoms with E-state index in [-0.39, 0.29) is 6.17 Å². The summed E-state index contributed by atoms with van der Waals surface area (Å²) in [7, 11) is 3.31. The van der Waals surface area contributed by atoms with Crippen LogP contribution in [0.25, 0.3) is 0 Å². The molecule has 0 aliphatic heterocycles. The van der Waals surface area contributed by atoms with Crippen molar-refractivity contribution >= 4 is 9.53 Å². The van der Waals surface area contributed by atoms with Crippen LogP contribution in [0, 0.1) is 0 Å². The molecule has 0 saturated carbocycles. The minimum absolute atomic E-state index is 0.0771. The zero-order chi connectivity index (χ0) is 15.0. The monoisotopic (exact) mass is 297 g/mol. The molecule has 0 amide bonds. The van der Waals surface area contributed by atoms with Crippen LogP contribution in [0.3, 0.4) is 0 Å². The summed E-state index contributed by atoms with van der Waals surface area (Å²) >= 11 is 0. The average Bonchev–Trinajstić information content (AvgIpc) is 2.83. The zero-order valence-electron chi connectivity index (χ0n) is 12.7. The highest BCUT2D eigenvalue weighted by atomic mass is 28.3. The molecule has 0 heterocycles. The lowest BCUT2D eigenvalue weighted by Gasteiger charge is -2.09. The van der Waals surface area contributed by atoms with Crippen molar-refractivity contribution in [3.05, 3.63) is 34.9 Å². The molecular weight excluding hydrogens is 272 g/mol. The van der Waals surface area contributed by atoms with Crippen LogP contribution in [0.15, 0.2) is 18.2 Å². The highest BCUT2D eigenvalue weighted by Gasteiger charge is 2.11. The fourth-order valence-corrected chi connectivity index (χ4v) is 2.54. The van der Waals surface area contributed by atoms with E-state index in [1.165, 1.54) is 29.5 Å². The van der Waals surface area contributed by atoms with E-state index in [9.17, 15) is 0 Å². The van der Waals surface area contributed by atoms with E-state index >= 15 is 0 Å². The van der Waals surface area contributed by atoms with E-state index in [1.807, 2.05) is 6.92 Å². The molecule has 2 bridgehead atoms. The molecule has 1 atom stereocenters. The Morgan fingerprint density at radius 1 is 1.20 bits per heavy atom. The van der Waals surface area contributed by atoms with Crippen molar-refractivity contribution in [1.82, 2.24) is 5.32 Å². The number of rotatable bonds is 6. The molecule has 1 aliphatic carbocycles. The highest BCUT2D eigenvalue weighted by Crippen LogP contribution is 2.21. The Morgan fingerprint density at radius 3 is 2.35 bits per heavy atom. The second kappa shape index (κ2) is 9.22. The third-order valence-corrected chi connectivity index (χ3v) is 4.07. The van der Waals surface area contributed by atoms with Gasteiger partial charge in [0.05, 0.1) is 6.17 Å². The Balaban J connectivity index is 0.000000246. The molecule has 0 spiro atoms. The van der Waals surface area contributed by atoms with Gasteiger partial charge in [-0.05, 0) is 36.5 Å². The summed E-state index contributed by atoms with van der Waals surface area (Å²) in [5.74, 6) is 0. The molecule has 113 valence electrons. The number of hydrogen-bond donors (Lipinski definition) is 2. The van der Waals surface area contributed by atoms with Crippen LogP contribution >= 0.6 is 0 Å². The lowest BCUT2D eigenvalue weighted by Crippen LogP contribution is -2.33. The van der Waals surface area contributed by atoms with Gasteiger partial charge in [-0.2, -0.15) is 0 Å². The maximum atomic E-state index is 5.63. The minimum Gasteiger partial charge on any atom is -0.375 e. The molecule has 0 fully saturated rings. The Morgan fingerprint density at radius 2 is 1.85 bits per heavy atom. The van der Waals surface area contributed by atoms with E-state index in [2.05, 4.69) is 23.5 Å². The first kappa shape index (κ1) is 17.3. The summed E-state index contributed by atoms with van der Waals surface area (Å²) in [5.41, 5.74) is 10.00. The Labute approximate surface area is 123 Å². The van der Waals surface area contributed by atoms with Crippen molar-refractivity contribution in [2.75, 3.05) is 21.3 Å². The highest BCUT2D eigenvalue weighted by molar-refractivity contribution is 6.36. The lowest BCUT2D eigenvalue weighted by atomic mass is 10.1. The second-order valence-corrected chi connectivity index (χ2v) is 6.36. The number of aryl methyl sites for hydroxylation is 2. The van der Waals surface area contributed by atoms with Crippen LogP contribution < -0.4 is 11.1 Å². The number of nitrogens with two attached hydrogens (primary N) is 1. The molecule has 1 aromatic rings. The van der Waals surface area contributed by atoms with Gasteiger partial charge in [-0.3, -0.25) is 5.32 Å². The van der Waals surface area contributed by atoms with Gasteiger partial charge < -0.3 is 19.0 Å². The largest absolute Gasteiger partial charge is 0.576 e. The van der Waals surface area contributed by atoms with Crippen LogP contribution in [-0.2, 0) is 32.7 Å². The van der Waals surface area contributed by atoms with Crippen LogP contribution in [0.4, 0.5) is 0 Å². The van der Waals surface area contributed by atoms with E-state index in [1.54, 1.807) is 21.3 Å². The first-order chi connectivity index (χ1) is 9.60. The number of fused-ring (bicyclic) bond motifs is 2. The smallest absolute Gasteiger partial charge is 0.375 e. The van der Waals surface area contributed by atoms with Gasteiger partial charge in [-0.25, -0.2) is 0 Å². The van der Waals surface area contributed by atoms with E-state index in [0.717, 1.165) is 6.54 Å². The molecule has 0 aromatic heterocycles. The van der Waals surface area contributed by atoms with Crippen LogP contribution in [0.5, 0.6) is 0 Å². The average molecular weight is 297 g/mol. The van der Waals surface area contributed by atoms with E-state index in [0.29, 0.717) is 0 Å². The third-order valence-electron chi connectivity index (χ3n) is 3.07. The summed E-state index contributed by atoms with van der Waals surface area (Å²) in [4.78, 5) is 0. The third kappa shape index (κ3) is 5.70. The van der Waals surface area contributed by atoms with Gasteiger partial charge >= 0.3 is 9.53 Å². The van der Waals surface area contributed by atoms with Crippen molar-refractivity contribution < 1.29 is 13.3 Å². The van der Waals surface area contributed by atoms with Crippen molar-refractivity contribution in [2.45, 2.75) is 32.5 Å². The zero-order valence-corrected chi connectivity index (χ0v) is 13.7. The maximum Gasteiger partial charge on any atom is 0.576 e. The van der Waals surface area contributed by atoms with E-state index in [4.69, 9.17) is 19.0 Å². The minimum atomic E-state index is -1.36. The van der Waals surface area contributed by atoms with Crippen LogP contribution in [0.1, 0.15) is 23.6 Å². The molecule has 3 N–H and O–H groups in total. The molecule has 1 aromatic carbocycles. The summed E-state index contributed by atoms with van der Waals surface area (Å²) in [6.45, 7) is 2.86. The van der Waals surface area contributed by atoms with Crippen molar-refractivity contribution in [2.24, 2.45) is 5.73 Å². The van der Waals surface area contributed by atoms with Gasteiger partial charge in [0, 0.05) is 27.9 Å². The molecule has 1 unspecified atom stereocenters. The topological polar surface area (TPSA) is 65.7 Å². The quantitative estimate of drug-likeness (QED) is 0.608. The molecule has 1 aliphatic rings. The van der Waals surface area contributed by atoms with Crippen molar-refractivity contribution in [1.29, 1.82) is 0 Å². The fraction of sp³-hybridized carbons (Fsp3) is 0.571. The first-order valence-corrected chi connectivity index (χ1v) is 7.91. The Kier molecular flexibility index (Phi) is 7.97. The fourth-order valence-electron chi connectivity index (χ4n) is 2.04. The van der Waals surface area contributed by atoms with Gasteiger partial charge in [0.15, 0.2) is 0 Å². The summed E-state index contributed by atoms with van der Waals surface area (Å²) in [6.07, 6.45) is 2.50. The predicted octanol–water partition coefficient (Wildman–Crippen LogP) is 1.09. The summed E-state index contributed by atoms with van der Waals surface area (Å²) in [6, 6.07) is 6.74. The van der Waals surface area contributed by atoms with Gasteiger partial charge in [-0.15, -0.1) is 0 Å². The van der Waals surface area contributed by atoms with Gasteiger partial charge in [-0.1, -0.05) is 18.2 Å². The van der Waals surface area contributed by atoms with Gasteiger partial charge in [0.2, 0.25) is 0 Å². The Bertz CT molecular complexity index is 392. The number of benzene rings is 1. The summed E-state index contributed by atoms with van der Waals surface area (Å²) < 4.78 is 14.1. The van der Waals surface area contributed by atoms with Crippen LogP contribution in [0.2, 0.25) is 0 Å². The first-order valence-electron chi connectivity index (χ1n) is 6.69. The van der Waals surface area contributed by atoms with Crippen molar-refractivity contribution in [3.63, 3.8) is 0 Å². The molecule has 1 radical (unpaired) electrons. The second-order valence-electron chi connectivity index (χ2n) is 4.64. The predicted molar refractivity (Wildman–Crippen MR) is 81.1 cm³/mol. The molecule has 5 nitrogen and oxygen atoms in total.